The molecule has 0 aromatic carbocycles. The SMILES string of the molecule is C=C1[C@H](OC(=O)/C=C(\C)CC)C=C(C(C)C)[C@@H]2/C(=C/C)C(=O)OC[C@@H]12. The van der Waals surface area contributed by atoms with E-state index in [1.165, 1.54) is 6.08 Å². The minimum Gasteiger partial charge on any atom is -0.462 e. The van der Waals surface area contributed by atoms with Crippen LogP contribution in [0.5, 0.6) is 0 Å². The van der Waals surface area contributed by atoms with E-state index in [1.54, 1.807) is 0 Å². The highest BCUT2D eigenvalue weighted by Crippen LogP contribution is 2.45. The molecular weight excluding hydrogens is 316 g/mol. The van der Waals surface area contributed by atoms with Gasteiger partial charge in [0.05, 0.1) is 6.61 Å². The molecule has 4 nitrogen and oxygen atoms in total. The van der Waals surface area contributed by atoms with Crippen LogP contribution in [0.25, 0.3) is 0 Å². The molecule has 0 bridgehead atoms. The van der Waals surface area contributed by atoms with Crippen LogP contribution in [0, 0.1) is 17.8 Å². The molecule has 0 saturated carbocycles. The van der Waals surface area contributed by atoms with Gasteiger partial charge < -0.3 is 9.47 Å². The largest absolute Gasteiger partial charge is 0.462 e. The van der Waals surface area contributed by atoms with Crippen molar-refractivity contribution in [2.45, 2.75) is 47.1 Å². The zero-order chi connectivity index (χ0) is 18.7. The van der Waals surface area contributed by atoms with Crippen molar-refractivity contribution in [1.29, 1.82) is 0 Å². The first kappa shape index (κ1) is 19.2. The molecule has 25 heavy (non-hydrogen) atoms. The maximum Gasteiger partial charge on any atom is 0.334 e. The molecule has 1 saturated heterocycles. The van der Waals surface area contributed by atoms with E-state index in [1.807, 2.05) is 32.9 Å². The Hall–Kier alpha value is -2.10. The van der Waals surface area contributed by atoms with E-state index < -0.39 is 6.10 Å². The van der Waals surface area contributed by atoms with Crippen molar-refractivity contribution < 1.29 is 19.1 Å². The molecule has 2 rings (SSSR count). The van der Waals surface area contributed by atoms with Gasteiger partial charge in [-0.2, -0.15) is 0 Å². The number of hydrogen-bond acceptors (Lipinski definition) is 4. The second-order valence-electron chi connectivity index (χ2n) is 7.02. The maximum atomic E-state index is 12.2. The smallest absolute Gasteiger partial charge is 0.334 e. The van der Waals surface area contributed by atoms with Gasteiger partial charge in [-0.25, -0.2) is 9.59 Å². The quantitative estimate of drug-likeness (QED) is 0.437. The van der Waals surface area contributed by atoms with Gasteiger partial charge in [-0.1, -0.05) is 44.6 Å². The summed E-state index contributed by atoms with van der Waals surface area (Å²) in [6, 6.07) is 0. The molecule has 2 aliphatic rings. The van der Waals surface area contributed by atoms with E-state index in [9.17, 15) is 9.59 Å². The van der Waals surface area contributed by atoms with Gasteiger partial charge in [0.15, 0.2) is 0 Å². The Balaban J connectivity index is 2.37. The lowest BCUT2D eigenvalue weighted by molar-refractivity contribution is -0.146. The van der Waals surface area contributed by atoms with Gasteiger partial charge in [-0.05, 0) is 37.8 Å². The molecule has 1 aliphatic carbocycles. The lowest BCUT2D eigenvalue weighted by atomic mass is 9.67. The summed E-state index contributed by atoms with van der Waals surface area (Å²) in [4.78, 5) is 24.3. The van der Waals surface area contributed by atoms with Gasteiger partial charge in [0.1, 0.15) is 6.10 Å². The van der Waals surface area contributed by atoms with Gasteiger partial charge >= 0.3 is 11.9 Å². The highest BCUT2D eigenvalue weighted by Gasteiger charge is 2.44. The maximum absolute atomic E-state index is 12.2. The third kappa shape index (κ3) is 3.94. The number of carbonyl (C=O) groups excluding carboxylic acids is 2. The van der Waals surface area contributed by atoms with Crippen LogP contribution in [0.3, 0.4) is 0 Å². The Morgan fingerprint density at radius 3 is 2.72 bits per heavy atom. The predicted octanol–water partition coefficient (Wildman–Crippen LogP) is 4.14. The Morgan fingerprint density at radius 1 is 1.48 bits per heavy atom. The first-order chi connectivity index (χ1) is 11.8. The van der Waals surface area contributed by atoms with Crippen LogP contribution in [0.2, 0.25) is 0 Å². The molecule has 0 amide bonds. The van der Waals surface area contributed by atoms with Crippen LogP contribution in [0.15, 0.2) is 47.1 Å². The minimum absolute atomic E-state index is 0.0402. The number of fused-ring (bicyclic) bond motifs is 1. The van der Waals surface area contributed by atoms with Crippen molar-refractivity contribution in [3.8, 4) is 0 Å². The lowest BCUT2D eigenvalue weighted by Crippen LogP contribution is -2.42. The molecule has 0 aromatic heterocycles. The number of ether oxygens (including phenoxy) is 2. The van der Waals surface area contributed by atoms with Crippen molar-refractivity contribution in [3.63, 3.8) is 0 Å². The van der Waals surface area contributed by atoms with Gasteiger partial charge in [0, 0.05) is 23.5 Å². The number of allylic oxidation sites excluding steroid dienone is 3. The van der Waals surface area contributed by atoms with E-state index in [0.29, 0.717) is 5.57 Å². The number of hydrogen-bond donors (Lipinski definition) is 0. The van der Waals surface area contributed by atoms with Crippen molar-refractivity contribution in [1.82, 2.24) is 0 Å². The van der Waals surface area contributed by atoms with E-state index in [0.717, 1.165) is 23.1 Å². The molecule has 1 heterocycles. The topological polar surface area (TPSA) is 52.6 Å². The number of carbonyl (C=O) groups is 2. The molecule has 0 radical (unpaired) electrons. The fourth-order valence-corrected chi connectivity index (χ4v) is 3.44. The summed E-state index contributed by atoms with van der Waals surface area (Å²) in [5, 5.41) is 0. The van der Waals surface area contributed by atoms with E-state index in [4.69, 9.17) is 9.47 Å². The van der Waals surface area contributed by atoms with Crippen LogP contribution in [-0.4, -0.2) is 24.6 Å². The summed E-state index contributed by atoms with van der Waals surface area (Å²) < 4.78 is 11.0. The minimum atomic E-state index is -0.484. The van der Waals surface area contributed by atoms with E-state index in [-0.39, 0.29) is 36.3 Å². The fraction of sp³-hybridized carbons (Fsp3) is 0.524. The molecule has 4 heteroatoms. The zero-order valence-corrected chi connectivity index (χ0v) is 15.8. The van der Waals surface area contributed by atoms with Crippen molar-refractivity contribution >= 4 is 11.9 Å². The molecule has 1 aliphatic heterocycles. The molecule has 0 N–H and O–H groups in total. The van der Waals surface area contributed by atoms with Gasteiger partial charge in [0.25, 0.3) is 0 Å². The number of rotatable bonds is 4. The Bertz CT molecular complexity index is 663. The summed E-state index contributed by atoms with van der Waals surface area (Å²) in [5.41, 5.74) is 3.54. The third-order valence-electron chi connectivity index (χ3n) is 5.05. The van der Waals surface area contributed by atoms with Crippen molar-refractivity contribution in [3.05, 3.63) is 47.1 Å². The first-order valence-corrected chi connectivity index (χ1v) is 8.91. The second-order valence-corrected chi connectivity index (χ2v) is 7.02. The van der Waals surface area contributed by atoms with Crippen LogP contribution in [0.4, 0.5) is 0 Å². The molecular formula is C21H28O4. The van der Waals surface area contributed by atoms with Crippen LogP contribution in [0.1, 0.15) is 41.0 Å². The molecule has 3 atom stereocenters. The Kier molecular flexibility index (Phi) is 6.04. The third-order valence-corrected chi connectivity index (χ3v) is 5.05. The lowest BCUT2D eigenvalue weighted by Gasteiger charge is -2.42. The highest BCUT2D eigenvalue weighted by molar-refractivity contribution is 5.91. The summed E-state index contributed by atoms with van der Waals surface area (Å²) >= 11 is 0. The molecule has 0 spiro atoms. The summed E-state index contributed by atoms with van der Waals surface area (Å²) in [6.07, 6.45) is 5.63. The molecule has 0 unspecified atom stereocenters. The fourth-order valence-electron chi connectivity index (χ4n) is 3.44. The Labute approximate surface area is 150 Å². The summed E-state index contributed by atoms with van der Waals surface area (Å²) in [6.45, 7) is 14.4. The number of esters is 2. The van der Waals surface area contributed by atoms with Crippen molar-refractivity contribution in [2.75, 3.05) is 6.61 Å². The van der Waals surface area contributed by atoms with Gasteiger partial charge in [-0.3, -0.25) is 0 Å². The molecule has 0 aromatic rings. The standard InChI is InChI=1S/C21H28O4/c1-7-13(5)9-19(22)25-18-10-16(12(3)4)20-15(8-2)21(23)24-11-17(20)14(18)6/h8-10,12,17-18,20H,6-7,11H2,1-5H3/b13-9+,15-8-/t17-,18+,20-/m0/s1. The second kappa shape index (κ2) is 7.85. The predicted molar refractivity (Wildman–Crippen MR) is 97.7 cm³/mol. The van der Waals surface area contributed by atoms with E-state index >= 15 is 0 Å². The van der Waals surface area contributed by atoms with Crippen LogP contribution < -0.4 is 0 Å². The first-order valence-electron chi connectivity index (χ1n) is 8.91. The molecule has 136 valence electrons. The van der Waals surface area contributed by atoms with Crippen LogP contribution >= 0.6 is 0 Å². The zero-order valence-electron chi connectivity index (χ0n) is 15.8. The monoisotopic (exact) mass is 344 g/mol. The summed E-state index contributed by atoms with van der Waals surface area (Å²) in [7, 11) is 0. The normalized spacial score (nSPS) is 28.6. The Morgan fingerprint density at radius 2 is 2.16 bits per heavy atom. The van der Waals surface area contributed by atoms with Crippen molar-refractivity contribution in [2.24, 2.45) is 17.8 Å². The average Bonchev–Trinajstić information content (AvgIpc) is 2.56. The number of cyclic esters (lactones) is 1. The van der Waals surface area contributed by atoms with Gasteiger partial charge in [-0.15, -0.1) is 0 Å². The van der Waals surface area contributed by atoms with Gasteiger partial charge in [0.2, 0.25) is 0 Å². The average molecular weight is 344 g/mol. The highest BCUT2D eigenvalue weighted by atomic mass is 16.5. The van der Waals surface area contributed by atoms with Crippen LogP contribution in [-0.2, 0) is 19.1 Å². The molecule has 1 fully saturated rings. The van der Waals surface area contributed by atoms with E-state index in [2.05, 4.69) is 20.4 Å². The summed E-state index contributed by atoms with van der Waals surface area (Å²) in [5.74, 6) is -0.486.